The predicted molar refractivity (Wildman–Crippen MR) is 190 cm³/mol. The molecule has 4 aromatic rings. The SMILES string of the molecule is CC1CCCC(C)N1c1nnc2ccc(OC3CCC(NC(=O)NC(CC(=N)C(C)(C)C)=Nc4cnn(CCO)c4)c4ccccc43)cn12. The normalized spacial score (nSPS) is 21.3. The van der Waals surface area contributed by atoms with Gasteiger partial charge in [0.15, 0.2) is 5.65 Å². The van der Waals surface area contributed by atoms with Gasteiger partial charge in [0.1, 0.15) is 23.4 Å². The fourth-order valence-corrected chi connectivity index (χ4v) is 6.77. The number of nitrogens with one attached hydrogen (secondary N) is 3. The number of carbonyl (C=O) groups excluding carboxylic acids is 1. The number of carbonyl (C=O) groups is 1. The average Bonchev–Trinajstić information content (AvgIpc) is 3.68. The number of aliphatic hydroxyl groups excluding tert-OH is 1. The second-order valence-electron chi connectivity index (χ2n) is 14.2. The number of aromatic nitrogens is 5. The molecule has 4 heterocycles. The van der Waals surface area contributed by atoms with Gasteiger partial charge in [-0.25, -0.2) is 9.79 Å². The summed E-state index contributed by atoms with van der Waals surface area (Å²) in [5, 5.41) is 37.1. The van der Waals surface area contributed by atoms with Gasteiger partial charge in [0.25, 0.3) is 0 Å². The highest BCUT2D eigenvalue weighted by molar-refractivity contribution is 6.09. The molecular formula is C36H48N10O3. The van der Waals surface area contributed by atoms with Crippen LogP contribution in [-0.4, -0.2) is 65.8 Å². The van der Waals surface area contributed by atoms with E-state index >= 15 is 0 Å². The Morgan fingerprint density at radius 2 is 1.80 bits per heavy atom. The van der Waals surface area contributed by atoms with Crippen molar-refractivity contribution in [2.45, 2.75) is 104 Å². The number of amidine groups is 1. The molecule has 1 aliphatic heterocycles. The second kappa shape index (κ2) is 14.4. The Kier molecular flexibility index (Phi) is 10.00. The van der Waals surface area contributed by atoms with Crippen LogP contribution in [0.4, 0.5) is 16.4 Å². The van der Waals surface area contributed by atoms with Crippen molar-refractivity contribution in [3.8, 4) is 5.75 Å². The molecule has 2 aliphatic rings. The zero-order chi connectivity index (χ0) is 34.7. The van der Waals surface area contributed by atoms with Gasteiger partial charge in [-0.1, -0.05) is 45.0 Å². The lowest BCUT2D eigenvalue weighted by atomic mass is 9.85. The molecular weight excluding hydrogens is 620 g/mol. The first-order valence-electron chi connectivity index (χ1n) is 17.2. The first kappa shape index (κ1) is 34.1. The third-order valence-electron chi connectivity index (χ3n) is 9.52. The van der Waals surface area contributed by atoms with Gasteiger partial charge in [-0.05, 0) is 74.6 Å². The van der Waals surface area contributed by atoms with Crippen molar-refractivity contribution in [3.05, 3.63) is 66.1 Å². The van der Waals surface area contributed by atoms with Crippen LogP contribution in [0, 0.1) is 10.8 Å². The third kappa shape index (κ3) is 7.77. The zero-order valence-corrected chi connectivity index (χ0v) is 29.1. The van der Waals surface area contributed by atoms with E-state index in [1.807, 2.05) is 61.7 Å². The molecule has 1 aromatic carbocycles. The molecule has 6 rings (SSSR count). The maximum absolute atomic E-state index is 13.5. The first-order chi connectivity index (χ1) is 23.5. The molecule has 4 N–H and O–H groups in total. The zero-order valence-electron chi connectivity index (χ0n) is 29.1. The topological polar surface area (TPSA) is 158 Å². The molecule has 0 radical (unpaired) electrons. The van der Waals surface area contributed by atoms with Gasteiger partial charge in [-0.2, -0.15) is 5.10 Å². The van der Waals surface area contributed by atoms with E-state index in [1.165, 1.54) is 6.42 Å². The van der Waals surface area contributed by atoms with Crippen LogP contribution >= 0.6 is 0 Å². The van der Waals surface area contributed by atoms with Gasteiger partial charge in [0.2, 0.25) is 5.95 Å². The number of nitrogens with zero attached hydrogens (tertiary/aromatic N) is 7. The van der Waals surface area contributed by atoms with E-state index in [-0.39, 0.29) is 30.6 Å². The van der Waals surface area contributed by atoms with E-state index in [0.717, 1.165) is 41.3 Å². The number of piperidine rings is 1. The van der Waals surface area contributed by atoms with Gasteiger partial charge in [0, 0.05) is 24.2 Å². The second-order valence-corrected chi connectivity index (χ2v) is 14.2. The number of urea groups is 1. The summed E-state index contributed by atoms with van der Waals surface area (Å²) in [6, 6.07) is 12.1. The van der Waals surface area contributed by atoms with Crippen molar-refractivity contribution < 1.29 is 14.6 Å². The van der Waals surface area contributed by atoms with E-state index in [4.69, 9.17) is 10.1 Å². The predicted octanol–water partition coefficient (Wildman–Crippen LogP) is 6.13. The molecule has 260 valence electrons. The molecule has 1 fully saturated rings. The summed E-state index contributed by atoms with van der Waals surface area (Å²) in [5.41, 5.74) is 3.40. The fourth-order valence-electron chi connectivity index (χ4n) is 6.77. The number of aliphatic imine (C=N–C) groups is 1. The van der Waals surface area contributed by atoms with E-state index < -0.39 is 6.03 Å². The molecule has 0 spiro atoms. The van der Waals surface area contributed by atoms with Gasteiger partial charge in [-0.15, -0.1) is 10.2 Å². The van der Waals surface area contributed by atoms with Gasteiger partial charge < -0.3 is 25.5 Å². The number of benzene rings is 1. The van der Waals surface area contributed by atoms with E-state index in [1.54, 1.807) is 17.1 Å². The fraction of sp³-hybridized carbons (Fsp3) is 0.500. The molecule has 1 aliphatic carbocycles. The Morgan fingerprint density at radius 1 is 1.04 bits per heavy atom. The van der Waals surface area contributed by atoms with Crippen molar-refractivity contribution in [2.24, 2.45) is 10.4 Å². The molecule has 0 saturated carbocycles. The molecule has 13 nitrogen and oxygen atoms in total. The van der Waals surface area contributed by atoms with Crippen molar-refractivity contribution in [1.29, 1.82) is 5.41 Å². The quantitative estimate of drug-likeness (QED) is 0.123. The van der Waals surface area contributed by atoms with Crippen molar-refractivity contribution in [1.82, 2.24) is 35.0 Å². The van der Waals surface area contributed by atoms with Crippen LogP contribution in [0.3, 0.4) is 0 Å². The molecule has 2 amide bonds. The van der Waals surface area contributed by atoms with Crippen LogP contribution < -0.4 is 20.3 Å². The van der Waals surface area contributed by atoms with Crippen LogP contribution in [-0.2, 0) is 6.54 Å². The van der Waals surface area contributed by atoms with Crippen LogP contribution in [0.25, 0.3) is 5.65 Å². The van der Waals surface area contributed by atoms with Crippen LogP contribution in [0.15, 0.2) is 60.0 Å². The molecule has 49 heavy (non-hydrogen) atoms. The van der Waals surface area contributed by atoms with Crippen LogP contribution in [0.5, 0.6) is 5.75 Å². The minimum atomic E-state index is -0.394. The number of fused-ring (bicyclic) bond motifs is 2. The summed E-state index contributed by atoms with van der Waals surface area (Å²) in [5.74, 6) is 1.93. The van der Waals surface area contributed by atoms with Crippen LogP contribution in [0.1, 0.15) is 96.4 Å². The maximum atomic E-state index is 13.5. The lowest BCUT2D eigenvalue weighted by Crippen LogP contribution is -2.44. The number of rotatable bonds is 9. The summed E-state index contributed by atoms with van der Waals surface area (Å²) >= 11 is 0. The smallest absolute Gasteiger partial charge is 0.320 e. The number of hydrogen-bond acceptors (Lipinski definition) is 9. The summed E-state index contributed by atoms with van der Waals surface area (Å²) in [4.78, 5) is 20.5. The largest absolute Gasteiger partial charge is 0.484 e. The highest BCUT2D eigenvalue weighted by atomic mass is 16.5. The number of ether oxygens (including phenoxy) is 1. The molecule has 0 bridgehead atoms. The number of amides is 2. The van der Waals surface area contributed by atoms with Gasteiger partial charge in [-0.3, -0.25) is 14.4 Å². The highest BCUT2D eigenvalue weighted by Crippen LogP contribution is 2.39. The lowest BCUT2D eigenvalue weighted by molar-refractivity contribution is 0.171. The Morgan fingerprint density at radius 3 is 2.53 bits per heavy atom. The number of hydrogen-bond donors (Lipinski definition) is 4. The van der Waals surface area contributed by atoms with Crippen molar-refractivity contribution in [3.63, 3.8) is 0 Å². The van der Waals surface area contributed by atoms with E-state index in [9.17, 15) is 9.90 Å². The molecule has 3 aromatic heterocycles. The molecule has 4 unspecified atom stereocenters. The molecule has 1 saturated heterocycles. The standard InChI is InChI=1S/C36H48N10O3/c1-23-9-8-10-24(2)46(23)35-43-42-33-16-13-26(22-45(33)35)49-30-15-14-29(27-11-6-7-12-28(27)30)40-34(48)41-32(19-31(37)36(3,4)5)39-25-20-38-44(21-25)17-18-47/h6-7,11-13,16,20-24,29-30,37,47H,8-10,14-15,17-19H2,1-5H3,(H2,39,40,41,48). The maximum Gasteiger partial charge on any atom is 0.320 e. The number of anilines is 1. The lowest BCUT2D eigenvalue weighted by Gasteiger charge is -2.39. The number of aliphatic hydroxyl groups is 1. The molecule has 4 atom stereocenters. The summed E-state index contributed by atoms with van der Waals surface area (Å²) in [7, 11) is 0. The minimum Gasteiger partial charge on any atom is -0.484 e. The third-order valence-corrected chi connectivity index (χ3v) is 9.52. The summed E-state index contributed by atoms with van der Waals surface area (Å²) < 4.78 is 10.3. The monoisotopic (exact) mass is 668 g/mol. The highest BCUT2D eigenvalue weighted by Gasteiger charge is 2.31. The minimum absolute atomic E-state index is 0.0442. The number of pyridine rings is 1. The van der Waals surface area contributed by atoms with Crippen molar-refractivity contribution >= 4 is 34.9 Å². The Labute approximate surface area is 287 Å². The van der Waals surface area contributed by atoms with Crippen LogP contribution in [0.2, 0.25) is 0 Å². The average molecular weight is 669 g/mol. The van der Waals surface area contributed by atoms with Gasteiger partial charge >= 0.3 is 6.03 Å². The first-order valence-corrected chi connectivity index (χ1v) is 17.2. The summed E-state index contributed by atoms with van der Waals surface area (Å²) in [6.45, 7) is 10.7. The van der Waals surface area contributed by atoms with E-state index in [0.29, 0.717) is 48.7 Å². The van der Waals surface area contributed by atoms with Crippen molar-refractivity contribution in [2.75, 3.05) is 11.5 Å². The van der Waals surface area contributed by atoms with E-state index in [2.05, 4.69) is 55.7 Å². The van der Waals surface area contributed by atoms with Gasteiger partial charge in [0.05, 0.1) is 37.8 Å². The Hall–Kier alpha value is -4.78. The molecule has 13 heteroatoms. The Bertz CT molecular complexity index is 1810. The summed E-state index contributed by atoms with van der Waals surface area (Å²) in [6.07, 6.45) is 10.1. The Balaban J connectivity index is 1.18.